The molecule has 0 aliphatic carbocycles. The van der Waals surface area contributed by atoms with Crippen molar-refractivity contribution in [3.8, 4) is 23.0 Å². The number of piperazine rings is 1. The maximum Gasteiger partial charge on any atom is 0.260 e. The summed E-state index contributed by atoms with van der Waals surface area (Å²) < 4.78 is 21.9. The third-order valence-corrected chi connectivity index (χ3v) is 5.90. The van der Waals surface area contributed by atoms with Crippen molar-refractivity contribution in [3.05, 3.63) is 45.9 Å². The molecule has 1 saturated heterocycles. The molecule has 1 fully saturated rings. The highest BCUT2D eigenvalue weighted by atomic mass is 35.5. The molecule has 9 heteroatoms. The lowest BCUT2D eigenvalue weighted by molar-refractivity contribution is -0.135. The van der Waals surface area contributed by atoms with Crippen LogP contribution in [0.4, 0.5) is 0 Å². The van der Waals surface area contributed by atoms with Gasteiger partial charge >= 0.3 is 0 Å². The lowest BCUT2D eigenvalue weighted by Crippen LogP contribution is -2.49. The summed E-state index contributed by atoms with van der Waals surface area (Å²) in [7, 11) is 4.80. The van der Waals surface area contributed by atoms with Crippen molar-refractivity contribution >= 4 is 29.1 Å². The molecule has 7 nitrogen and oxygen atoms in total. The third kappa shape index (κ3) is 5.67. The number of methoxy groups -OCH3 is 3. The molecule has 1 aliphatic heterocycles. The monoisotopic (exact) mass is 468 g/mol. The minimum atomic E-state index is -0.0607. The number of rotatable bonds is 8. The van der Waals surface area contributed by atoms with E-state index in [0.717, 1.165) is 18.7 Å². The van der Waals surface area contributed by atoms with Gasteiger partial charge in [-0.05, 0) is 18.2 Å². The second kappa shape index (κ2) is 10.8. The van der Waals surface area contributed by atoms with E-state index >= 15 is 0 Å². The number of nitrogens with zero attached hydrogens (tertiary/aromatic N) is 2. The Bertz CT molecular complexity index is 917. The summed E-state index contributed by atoms with van der Waals surface area (Å²) in [5.41, 5.74) is 1.00. The number of amides is 1. The number of hydrogen-bond donors (Lipinski definition) is 0. The Morgan fingerprint density at radius 3 is 2.23 bits per heavy atom. The van der Waals surface area contributed by atoms with Gasteiger partial charge in [0.1, 0.15) is 5.75 Å². The molecule has 2 aromatic carbocycles. The molecular formula is C22H26Cl2N2O5. The first kappa shape index (κ1) is 23.3. The molecule has 1 aliphatic rings. The van der Waals surface area contributed by atoms with E-state index in [1.807, 2.05) is 12.1 Å². The summed E-state index contributed by atoms with van der Waals surface area (Å²) in [6, 6.07) is 8.78. The number of halogens is 2. The smallest absolute Gasteiger partial charge is 0.260 e. The SMILES string of the molecule is COc1ccc(CN2CCN(C(=O)COc3ccc(Cl)c(Cl)c3)CC2)c(OC)c1OC. The van der Waals surface area contributed by atoms with Gasteiger partial charge in [-0.3, -0.25) is 9.69 Å². The zero-order chi connectivity index (χ0) is 22.4. The number of benzene rings is 2. The summed E-state index contributed by atoms with van der Waals surface area (Å²) in [6.45, 7) is 3.39. The summed E-state index contributed by atoms with van der Waals surface area (Å²) in [6.07, 6.45) is 0. The minimum Gasteiger partial charge on any atom is -0.493 e. The average molecular weight is 469 g/mol. The van der Waals surface area contributed by atoms with Gasteiger partial charge in [-0.25, -0.2) is 0 Å². The Hall–Kier alpha value is -2.35. The molecule has 3 rings (SSSR count). The summed E-state index contributed by atoms with van der Waals surface area (Å²) in [5, 5.41) is 0.841. The van der Waals surface area contributed by atoms with Gasteiger partial charge in [0.2, 0.25) is 5.75 Å². The van der Waals surface area contributed by atoms with Crippen LogP contribution in [-0.2, 0) is 11.3 Å². The van der Waals surface area contributed by atoms with Crippen LogP contribution in [-0.4, -0.2) is 69.8 Å². The van der Waals surface area contributed by atoms with Crippen molar-refractivity contribution in [1.82, 2.24) is 9.80 Å². The van der Waals surface area contributed by atoms with E-state index in [2.05, 4.69) is 4.90 Å². The summed E-state index contributed by atoms with van der Waals surface area (Å²) in [5.74, 6) is 2.32. The molecule has 0 radical (unpaired) electrons. The van der Waals surface area contributed by atoms with Crippen LogP contribution in [0, 0.1) is 0 Å². The van der Waals surface area contributed by atoms with Crippen LogP contribution in [0.1, 0.15) is 5.56 Å². The number of carbonyl (C=O) groups is 1. The standard InChI is InChI=1S/C22H26Cl2N2O5/c1-28-19-7-4-15(21(29-2)22(19)30-3)13-25-8-10-26(11-9-25)20(27)14-31-16-5-6-17(23)18(24)12-16/h4-7,12H,8-11,13-14H2,1-3H3. The van der Waals surface area contributed by atoms with Crippen LogP contribution in [0.25, 0.3) is 0 Å². The topological polar surface area (TPSA) is 60.5 Å². The van der Waals surface area contributed by atoms with E-state index < -0.39 is 0 Å². The zero-order valence-corrected chi connectivity index (χ0v) is 19.3. The maximum absolute atomic E-state index is 12.5. The molecule has 0 bridgehead atoms. The highest BCUT2D eigenvalue weighted by Crippen LogP contribution is 2.40. The van der Waals surface area contributed by atoms with Crippen molar-refractivity contribution in [2.24, 2.45) is 0 Å². The van der Waals surface area contributed by atoms with Crippen LogP contribution in [0.15, 0.2) is 30.3 Å². The predicted molar refractivity (Wildman–Crippen MR) is 120 cm³/mol. The van der Waals surface area contributed by atoms with Crippen LogP contribution in [0.3, 0.4) is 0 Å². The normalized spacial score (nSPS) is 14.3. The minimum absolute atomic E-state index is 0.0402. The average Bonchev–Trinajstić information content (AvgIpc) is 2.79. The van der Waals surface area contributed by atoms with Gasteiger partial charge in [0.25, 0.3) is 5.91 Å². The second-order valence-corrected chi connectivity index (χ2v) is 7.83. The molecule has 0 spiro atoms. The van der Waals surface area contributed by atoms with Gasteiger partial charge in [0, 0.05) is 44.4 Å². The molecular weight excluding hydrogens is 443 g/mol. The number of hydrogen-bond acceptors (Lipinski definition) is 6. The summed E-state index contributed by atoms with van der Waals surface area (Å²) in [4.78, 5) is 16.6. The fraction of sp³-hybridized carbons (Fsp3) is 0.409. The number of ether oxygens (including phenoxy) is 4. The molecule has 1 amide bonds. The van der Waals surface area contributed by atoms with Gasteiger partial charge in [-0.15, -0.1) is 0 Å². The van der Waals surface area contributed by atoms with Crippen molar-refractivity contribution in [2.75, 3.05) is 54.1 Å². The van der Waals surface area contributed by atoms with Gasteiger partial charge in [-0.1, -0.05) is 29.3 Å². The maximum atomic E-state index is 12.5. The first-order valence-electron chi connectivity index (χ1n) is 9.82. The molecule has 0 N–H and O–H groups in total. The predicted octanol–water partition coefficient (Wildman–Crippen LogP) is 3.74. The van der Waals surface area contributed by atoms with E-state index in [1.165, 1.54) is 0 Å². The largest absolute Gasteiger partial charge is 0.493 e. The highest BCUT2D eigenvalue weighted by Gasteiger charge is 2.24. The fourth-order valence-electron chi connectivity index (χ4n) is 3.49. The van der Waals surface area contributed by atoms with Crippen molar-refractivity contribution < 1.29 is 23.7 Å². The van der Waals surface area contributed by atoms with Crippen LogP contribution in [0.2, 0.25) is 10.0 Å². The third-order valence-electron chi connectivity index (χ3n) is 5.16. The second-order valence-electron chi connectivity index (χ2n) is 7.01. The van der Waals surface area contributed by atoms with E-state index in [4.69, 9.17) is 42.1 Å². The highest BCUT2D eigenvalue weighted by molar-refractivity contribution is 6.42. The van der Waals surface area contributed by atoms with Crippen molar-refractivity contribution in [1.29, 1.82) is 0 Å². The van der Waals surface area contributed by atoms with Gasteiger partial charge in [-0.2, -0.15) is 0 Å². The van der Waals surface area contributed by atoms with E-state index in [-0.39, 0.29) is 12.5 Å². The Balaban J connectivity index is 1.53. The Morgan fingerprint density at radius 2 is 1.61 bits per heavy atom. The molecule has 2 aromatic rings. The van der Waals surface area contributed by atoms with Gasteiger partial charge in [0.05, 0.1) is 31.4 Å². The zero-order valence-electron chi connectivity index (χ0n) is 17.8. The van der Waals surface area contributed by atoms with Gasteiger partial charge in [0.15, 0.2) is 18.1 Å². The van der Waals surface area contributed by atoms with Crippen LogP contribution < -0.4 is 18.9 Å². The number of carbonyl (C=O) groups excluding carboxylic acids is 1. The fourth-order valence-corrected chi connectivity index (χ4v) is 3.78. The lowest BCUT2D eigenvalue weighted by Gasteiger charge is -2.35. The van der Waals surface area contributed by atoms with Crippen LogP contribution in [0.5, 0.6) is 23.0 Å². The molecule has 0 saturated carbocycles. The molecule has 31 heavy (non-hydrogen) atoms. The Kier molecular flexibility index (Phi) is 8.12. The first-order chi connectivity index (χ1) is 15.0. The first-order valence-corrected chi connectivity index (χ1v) is 10.6. The Morgan fingerprint density at radius 1 is 0.903 bits per heavy atom. The molecule has 0 unspecified atom stereocenters. The molecule has 1 heterocycles. The molecule has 0 atom stereocenters. The van der Waals surface area contributed by atoms with E-state index in [0.29, 0.717) is 52.7 Å². The Labute approximate surface area is 192 Å². The van der Waals surface area contributed by atoms with E-state index in [9.17, 15) is 4.79 Å². The van der Waals surface area contributed by atoms with Crippen LogP contribution >= 0.6 is 23.2 Å². The van der Waals surface area contributed by atoms with Gasteiger partial charge < -0.3 is 23.8 Å². The van der Waals surface area contributed by atoms with Crippen molar-refractivity contribution in [3.63, 3.8) is 0 Å². The molecule has 168 valence electrons. The quantitative estimate of drug-likeness (QED) is 0.587. The van der Waals surface area contributed by atoms with E-state index in [1.54, 1.807) is 44.4 Å². The molecule has 0 aromatic heterocycles. The lowest BCUT2D eigenvalue weighted by atomic mass is 10.1. The summed E-state index contributed by atoms with van der Waals surface area (Å²) >= 11 is 11.9. The van der Waals surface area contributed by atoms with Crippen molar-refractivity contribution in [2.45, 2.75) is 6.54 Å².